The molecule has 0 radical (unpaired) electrons. The molecule has 0 saturated heterocycles. The highest BCUT2D eigenvalue weighted by Crippen LogP contribution is 2.18. The molecule has 0 unspecified atom stereocenters. The largest absolute Gasteiger partial charge is 0.507 e. The average molecular weight is 580 g/mol. The molecule has 0 bridgehead atoms. The second-order valence-electron chi connectivity index (χ2n) is 12.7. The lowest BCUT2D eigenvalue weighted by Gasteiger charge is -2.20. The Labute approximate surface area is 249 Å². The van der Waals surface area contributed by atoms with Crippen molar-refractivity contribution in [1.82, 2.24) is 16.0 Å². The zero-order valence-electron chi connectivity index (χ0n) is 26.0. The van der Waals surface area contributed by atoms with Gasteiger partial charge in [0.1, 0.15) is 17.2 Å². The van der Waals surface area contributed by atoms with Crippen LogP contribution < -0.4 is 16.0 Å². The number of rotatable bonds is 3. The predicted molar refractivity (Wildman–Crippen MR) is 166 cm³/mol. The van der Waals surface area contributed by atoms with Crippen molar-refractivity contribution >= 4 is 17.7 Å². The molecule has 9 heteroatoms. The number of phenols is 3. The lowest BCUT2D eigenvalue weighted by molar-refractivity contribution is 0.0907. The summed E-state index contributed by atoms with van der Waals surface area (Å²) >= 11 is 0. The molecular formula is C33H45N3O6. The van der Waals surface area contributed by atoms with Crippen LogP contribution in [0.5, 0.6) is 17.2 Å². The van der Waals surface area contributed by atoms with Crippen LogP contribution >= 0.6 is 0 Å². The highest BCUT2D eigenvalue weighted by atomic mass is 16.3. The molecule has 0 fully saturated rings. The number of benzene rings is 3. The van der Waals surface area contributed by atoms with Crippen LogP contribution in [-0.2, 0) is 0 Å². The van der Waals surface area contributed by atoms with E-state index in [0.29, 0.717) is 16.7 Å². The van der Waals surface area contributed by atoms with E-state index in [2.05, 4.69) is 16.0 Å². The number of para-hydroxylation sites is 3. The molecule has 0 aliphatic carbocycles. The molecule has 0 spiro atoms. The minimum atomic E-state index is -0.292. The number of hydrogen-bond acceptors (Lipinski definition) is 6. The summed E-state index contributed by atoms with van der Waals surface area (Å²) in [5.74, 6) is -0.737. The number of carbonyl (C=O) groups is 3. The Morgan fingerprint density at radius 3 is 0.786 bits per heavy atom. The van der Waals surface area contributed by atoms with Gasteiger partial charge in [-0.25, -0.2) is 0 Å². The average Bonchev–Trinajstić information content (AvgIpc) is 2.82. The molecule has 0 atom stereocenters. The summed E-state index contributed by atoms with van der Waals surface area (Å²) in [6.45, 7) is 17.0. The van der Waals surface area contributed by atoms with Gasteiger partial charge < -0.3 is 31.3 Å². The van der Waals surface area contributed by atoms with Gasteiger partial charge in [0, 0.05) is 16.6 Å². The van der Waals surface area contributed by atoms with Crippen LogP contribution in [0.2, 0.25) is 0 Å². The second-order valence-corrected chi connectivity index (χ2v) is 12.7. The fourth-order valence-corrected chi connectivity index (χ4v) is 3.22. The van der Waals surface area contributed by atoms with Crippen LogP contribution in [0, 0.1) is 0 Å². The van der Waals surface area contributed by atoms with E-state index in [-0.39, 0.29) is 51.6 Å². The Balaban J connectivity index is 0.000000315. The number of hydrogen-bond donors (Lipinski definition) is 6. The van der Waals surface area contributed by atoms with Gasteiger partial charge in [0.2, 0.25) is 0 Å². The van der Waals surface area contributed by atoms with Crippen molar-refractivity contribution in [2.45, 2.75) is 78.9 Å². The van der Waals surface area contributed by atoms with Crippen molar-refractivity contribution in [3.05, 3.63) is 89.5 Å². The maximum atomic E-state index is 11.6. The summed E-state index contributed by atoms with van der Waals surface area (Å²) < 4.78 is 0. The molecule has 42 heavy (non-hydrogen) atoms. The Hall–Kier alpha value is -4.53. The van der Waals surface area contributed by atoms with Crippen LogP contribution in [0.1, 0.15) is 93.4 Å². The molecule has 3 rings (SSSR count). The molecular weight excluding hydrogens is 534 g/mol. The van der Waals surface area contributed by atoms with E-state index in [1.807, 2.05) is 62.3 Å². The molecule has 228 valence electrons. The van der Waals surface area contributed by atoms with E-state index < -0.39 is 0 Å². The van der Waals surface area contributed by atoms with Crippen molar-refractivity contribution < 1.29 is 29.7 Å². The third-order valence-electron chi connectivity index (χ3n) is 4.91. The zero-order chi connectivity index (χ0) is 32.3. The quantitative estimate of drug-likeness (QED) is 0.232. The van der Waals surface area contributed by atoms with Gasteiger partial charge >= 0.3 is 0 Å². The first-order chi connectivity index (χ1) is 19.2. The van der Waals surface area contributed by atoms with Gasteiger partial charge in [-0.2, -0.15) is 0 Å². The van der Waals surface area contributed by atoms with E-state index in [9.17, 15) is 29.7 Å². The fraction of sp³-hybridized carbons (Fsp3) is 0.364. The number of carbonyl (C=O) groups excluding carboxylic acids is 3. The Morgan fingerprint density at radius 1 is 0.429 bits per heavy atom. The Kier molecular flexibility index (Phi) is 12.6. The summed E-state index contributed by atoms with van der Waals surface area (Å²) in [6, 6.07) is 19.5. The second kappa shape index (κ2) is 14.9. The lowest BCUT2D eigenvalue weighted by Crippen LogP contribution is -2.40. The molecule has 0 aromatic heterocycles. The predicted octanol–water partition coefficient (Wildman–Crippen LogP) is 5.76. The summed E-state index contributed by atoms with van der Waals surface area (Å²) in [6.07, 6.45) is 0. The van der Waals surface area contributed by atoms with Crippen LogP contribution in [-0.4, -0.2) is 49.7 Å². The van der Waals surface area contributed by atoms with Crippen molar-refractivity contribution in [2.75, 3.05) is 0 Å². The van der Waals surface area contributed by atoms with Crippen LogP contribution in [0.25, 0.3) is 0 Å². The highest BCUT2D eigenvalue weighted by Gasteiger charge is 2.19. The molecule has 6 N–H and O–H groups in total. The standard InChI is InChI=1S/3C11H15NO2/c3*1-11(2,3)12-10(14)8-6-4-5-7-9(8)13/h3*4-7,13H,1-3H3,(H,12,14). The van der Waals surface area contributed by atoms with Crippen molar-refractivity contribution in [1.29, 1.82) is 0 Å². The third-order valence-corrected chi connectivity index (χ3v) is 4.91. The van der Waals surface area contributed by atoms with Gasteiger partial charge in [-0.15, -0.1) is 0 Å². The van der Waals surface area contributed by atoms with Crippen LogP contribution in [0.3, 0.4) is 0 Å². The third kappa shape index (κ3) is 13.7. The summed E-state index contributed by atoms with van der Waals surface area (Å²) in [5, 5.41) is 36.6. The summed E-state index contributed by atoms with van der Waals surface area (Å²) in [7, 11) is 0. The van der Waals surface area contributed by atoms with Crippen molar-refractivity contribution in [3.63, 3.8) is 0 Å². The van der Waals surface area contributed by atoms with Crippen LogP contribution in [0.4, 0.5) is 0 Å². The SMILES string of the molecule is CC(C)(C)NC(=O)c1ccccc1O.CC(C)(C)NC(=O)c1ccccc1O.CC(C)(C)NC(=O)c1ccccc1O. The number of aromatic hydroxyl groups is 3. The minimum absolute atomic E-state index is 0.00856. The normalized spacial score (nSPS) is 11.1. The maximum absolute atomic E-state index is 11.6. The van der Waals surface area contributed by atoms with Gasteiger partial charge in [-0.3, -0.25) is 14.4 Å². The van der Waals surface area contributed by atoms with Gasteiger partial charge in [0.25, 0.3) is 17.7 Å². The molecule has 0 saturated carbocycles. The topological polar surface area (TPSA) is 148 Å². The van der Waals surface area contributed by atoms with Gasteiger partial charge in [0.05, 0.1) is 16.7 Å². The monoisotopic (exact) mass is 579 g/mol. The molecule has 9 nitrogen and oxygen atoms in total. The number of amides is 3. The van der Waals surface area contributed by atoms with E-state index in [4.69, 9.17) is 0 Å². The minimum Gasteiger partial charge on any atom is -0.507 e. The van der Waals surface area contributed by atoms with E-state index in [1.54, 1.807) is 54.6 Å². The van der Waals surface area contributed by atoms with E-state index >= 15 is 0 Å². The zero-order valence-corrected chi connectivity index (χ0v) is 26.0. The number of nitrogens with one attached hydrogen (secondary N) is 3. The molecule has 0 aliphatic rings. The van der Waals surface area contributed by atoms with Crippen molar-refractivity contribution in [2.24, 2.45) is 0 Å². The van der Waals surface area contributed by atoms with Gasteiger partial charge in [-0.1, -0.05) is 36.4 Å². The first kappa shape index (κ1) is 35.5. The molecule has 3 amide bonds. The van der Waals surface area contributed by atoms with Crippen LogP contribution in [0.15, 0.2) is 72.8 Å². The Morgan fingerprint density at radius 2 is 0.619 bits per heavy atom. The van der Waals surface area contributed by atoms with E-state index in [1.165, 1.54) is 18.2 Å². The summed E-state index contributed by atoms with van der Waals surface area (Å²) in [4.78, 5) is 34.8. The fourth-order valence-electron chi connectivity index (χ4n) is 3.22. The van der Waals surface area contributed by atoms with E-state index in [0.717, 1.165) is 0 Å². The highest BCUT2D eigenvalue weighted by molar-refractivity contribution is 5.98. The lowest BCUT2D eigenvalue weighted by atomic mass is 10.1. The van der Waals surface area contributed by atoms with Crippen molar-refractivity contribution in [3.8, 4) is 17.2 Å². The smallest absolute Gasteiger partial charge is 0.255 e. The molecule has 0 aliphatic heterocycles. The van der Waals surface area contributed by atoms with Gasteiger partial charge in [0.15, 0.2) is 0 Å². The Bertz CT molecular complexity index is 1180. The maximum Gasteiger partial charge on any atom is 0.255 e. The molecule has 0 heterocycles. The summed E-state index contributed by atoms with van der Waals surface area (Å²) in [5.41, 5.74) is 0.0465. The van der Waals surface area contributed by atoms with Gasteiger partial charge in [-0.05, 0) is 98.7 Å². The first-order valence-electron chi connectivity index (χ1n) is 13.5. The first-order valence-corrected chi connectivity index (χ1v) is 13.5. The number of phenolic OH excluding ortho intramolecular Hbond substituents is 3. The molecule has 3 aromatic carbocycles. The molecule has 3 aromatic rings.